The summed E-state index contributed by atoms with van der Waals surface area (Å²) in [6.45, 7) is 3.56. The molecule has 0 aliphatic heterocycles. The molecule has 0 spiro atoms. The number of sulfonamides is 1. The summed E-state index contributed by atoms with van der Waals surface area (Å²) >= 11 is 0. The summed E-state index contributed by atoms with van der Waals surface area (Å²) in [6, 6.07) is 16.1. The SMILES string of the molecule is CC(=O)Nc1ccc(NS(=O)(=O)c2cn(Cc3ccccc3)nc2C)cc1. The average Bonchev–Trinajstić information content (AvgIpc) is 2.98. The number of anilines is 2. The Bertz CT molecular complexity index is 1040. The van der Waals surface area contributed by atoms with Gasteiger partial charge in [0, 0.05) is 24.5 Å². The maximum atomic E-state index is 12.7. The van der Waals surface area contributed by atoms with E-state index in [4.69, 9.17) is 0 Å². The number of benzene rings is 2. The van der Waals surface area contributed by atoms with Crippen LogP contribution in [0.1, 0.15) is 18.2 Å². The van der Waals surface area contributed by atoms with Gasteiger partial charge in [-0.1, -0.05) is 30.3 Å². The summed E-state index contributed by atoms with van der Waals surface area (Å²) in [6.07, 6.45) is 1.52. The lowest BCUT2D eigenvalue weighted by atomic mass is 10.2. The Labute approximate surface area is 158 Å². The van der Waals surface area contributed by atoms with Crippen molar-refractivity contribution in [1.82, 2.24) is 9.78 Å². The number of hydrogen-bond acceptors (Lipinski definition) is 4. The summed E-state index contributed by atoms with van der Waals surface area (Å²) in [5.74, 6) is -0.190. The molecule has 0 aliphatic carbocycles. The number of carbonyl (C=O) groups is 1. The summed E-state index contributed by atoms with van der Waals surface area (Å²) in [7, 11) is -3.77. The van der Waals surface area contributed by atoms with Crippen molar-refractivity contribution in [2.24, 2.45) is 0 Å². The first-order chi connectivity index (χ1) is 12.8. The Hall–Kier alpha value is -3.13. The van der Waals surface area contributed by atoms with E-state index in [0.29, 0.717) is 23.6 Å². The van der Waals surface area contributed by atoms with Gasteiger partial charge in [-0.2, -0.15) is 5.10 Å². The van der Waals surface area contributed by atoms with E-state index < -0.39 is 10.0 Å². The highest BCUT2D eigenvalue weighted by molar-refractivity contribution is 7.92. The molecule has 0 atom stereocenters. The van der Waals surface area contributed by atoms with E-state index in [1.54, 1.807) is 35.9 Å². The fourth-order valence-electron chi connectivity index (χ4n) is 2.65. The van der Waals surface area contributed by atoms with Crippen LogP contribution in [0.3, 0.4) is 0 Å². The van der Waals surface area contributed by atoms with Crippen LogP contribution in [0.5, 0.6) is 0 Å². The number of nitrogens with one attached hydrogen (secondary N) is 2. The van der Waals surface area contributed by atoms with Gasteiger partial charge in [0.15, 0.2) is 0 Å². The number of carbonyl (C=O) groups excluding carboxylic acids is 1. The number of aryl methyl sites for hydroxylation is 1. The first-order valence-corrected chi connectivity index (χ1v) is 9.80. The smallest absolute Gasteiger partial charge is 0.265 e. The van der Waals surface area contributed by atoms with Gasteiger partial charge in [0.25, 0.3) is 10.0 Å². The van der Waals surface area contributed by atoms with Crippen LogP contribution in [0.4, 0.5) is 11.4 Å². The van der Waals surface area contributed by atoms with Crippen LogP contribution >= 0.6 is 0 Å². The van der Waals surface area contributed by atoms with Gasteiger partial charge in [-0.25, -0.2) is 8.42 Å². The minimum atomic E-state index is -3.77. The van der Waals surface area contributed by atoms with Crippen molar-refractivity contribution < 1.29 is 13.2 Å². The maximum absolute atomic E-state index is 12.7. The fourth-order valence-corrected chi connectivity index (χ4v) is 3.90. The second kappa shape index (κ2) is 7.63. The van der Waals surface area contributed by atoms with Gasteiger partial charge in [0.1, 0.15) is 4.90 Å². The molecular formula is C19H20N4O3S. The van der Waals surface area contributed by atoms with Crippen LogP contribution in [0.15, 0.2) is 65.7 Å². The number of nitrogens with zero attached hydrogens (tertiary/aromatic N) is 2. The lowest BCUT2D eigenvalue weighted by Crippen LogP contribution is -2.13. The molecule has 140 valence electrons. The van der Waals surface area contributed by atoms with Crippen LogP contribution in [-0.4, -0.2) is 24.1 Å². The Morgan fingerprint density at radius 1 is 1.04 bits per heavy atom. The van der Waals surface area contributed by atoms with Gasteiger partial charge >= 0.3 is 0 Å². The molecule has 1 aromatic heterocycles. The van der Waals surface area contributed by atoms with Gasteiger partial charge in [-0.3, -0.25) is 14.2 Å². The van der Waals surface area contributed by atoms with Crippen LogP contribution < -0.4 is 10.0 Å². The number of amides is 1. The molecule has 0 aliphatic rings. The molecule has 2 aromatic carbocycles. The third-order valence-corrected chi connectivity index (χ3v) is 5.32. The zero-order chi connectivity index (χ0) is 19.4. The Kier molecular flexibility index (Phi) is 5.27. The minimum absolute atomic E-state index is 0.129. The van der Waals surface area contributed by atoms with Crippen molar-refractivity contribution >= 4 is 27.3 Å². The molecule has 0 radical (unpaired) electrons. The number of hydrogen-bond donors (Lipinski definition) is 2. The molecule has 27 heavy (non-hydrogen) atoms. The van der Waals surface area contributed by atoms with Gasteiger partial charge < -0.3 is 5.32 Å². The highest BCUT2D eigenvalue weighted by Crippen LogP contribution is 2.20. The quantitative estimate of drug-likeness (QED) is 0.683. The molecule has 3 rings (SSSR count). The molecule has 0 fully saturated rings. The molecule has 0 unspecified atom stereocenters. The average molecular weight is 384 g/mol. The van der Waals surface area contributed by atoms with Crippen LogP contribution in [0, 0.1) is 6.92 Å². The van der Waals surface area contributed by atoms with Crippen molar-refractivity contribution in [2.75, 3.05) is 10.0 Å². The lowest BCUT2D eigenvalue weighted by Gasteiger charge is -2.08. The molecule has 0 saturated carbocycles. The topological polar surface area (TPSA) is 93.1 Å². The summed E-state index contributed by atoms with van der Waals surface area (Å²) in [4.78, 5) is 11.2. The Morgan fingerprint density at radius 3 is 2.30 bits per heavy atom. The highest BCUT2D eigenvalue weighted by Gasteiger charge is 2.20. The van der Waals surface area contributed by atoms with Gasteiger partial charge in [-0.15, -0.1) is 0 Å². The van der Waals surface area contributed by atoms with Crippen LogP contribution in [0.2, 0.25) is 0 Å². The second-order valence-corrected chi connectivity index (χ2v) is 7.78. The first kappa shape index (κ1) is 18.7. The Morgan fingerprint density at radius 2 is 1.67 bits per heavy atom. The summed E-state index contributed by atoms with van der Waals surface area (Å²) in [5, 5.41) is 6.94. The van der Waals surface area contributed by atoms with E-state index in [1.807, 2.05) is 30.3 Å². The fraction of sp³-hybridized carbons (Fsp3) is 0.158. The van der Waals surface area contributed by atoms with E-state index in [0.717, 1.165) is 5.56 Å². The maximum Gasteiger partial charge on any atom is 0.265 e. The largest absolute Gasteiger partial charge is 0.326 e. The monoisotopic (exact) mass is 384 g/mol. The third-order valence-electron chi connectivity index (χ3n) is 3.84. The van der Waals surface area contributed by atoms with Gasteiger partial charge in [-0.05, 0) is 36.8 Å². The van der Waals surface area contributed by atoms with E-state index >= 15 is 0 Å². The molecule has 0 bridgehead atoms. The normalized spacial score (nSPS) is 11.2. The summed E-state index contributed by atoms with van der Waals surface area (Å²) < 4.78 is 29.6. The molecule has 0 saturated heterocycles. The summed E-state index contributed by atoms with van der Waals surface area (Å²) in [5.41, 5.74) is 2.45. The zero-order valence-electron chi connectivity index (χ0n) is 15.0. The van der Waals surface area contributed by atoms with Gasteiger partial charge in [0.2, 0.25) is 5.91 Å². The third kappa shape index (κ3) is 4.73. The molecule has 1 amide bonds. The molecule has 3 aromatic rings. The van der Waals surface area contributed by atoms with E-state index in [2.05, 4.69) is 15.1 Å². The second-order valence-electron chi connectivity index (χ2n) is 6.13. The zero-order valence-corrected chi connectivity index (χ0v) is 15.8. The van der Waals surface area contributed by atoms with E-state index in [-0.39, 0.29) is 10.8 Å². The highest BCUT2D eigenvalue weighted by atomic mass is 32.2. The molecule has 8 heteroatoms. The van der Waals surface area contributed by atoms with Crippen molar-refractivity contribution in [3.63, 3.8) is 0 Å². The predicted octanol–water partition coefficient (Wildman–Crippen LogP) is 3.00. The minimum Gasteiger partial charge on any atom is -0.326 e. The van der Waals surface area contributed by atoms with Crippen LogP contribution in [0.25, 0.3) is 0 Å². The number of rotatable bonds is 6. The van der Waals surface area contributed by atoms with Crippen molar-refractivity contribution in [1.29, 1.82) is 0 Å². The molecule has 2 N–H and O–H groups in total. The molecule has 7 nitrogen and oxygen atoms in total. The first-order valence-electron chi connectivity index (χ1n) is 8.32. The van der Waals surface area contributed by atoms with E-state index in [9.17, 15) is 13.2 Å². The lowest BCUT2D eigenvalue weighted by molar-refractivity contribution is -0.114. The molecular weight excluding hydrogens is 364 g/mol. The molecule has 1 heterocycles. The van der Waals surface area contributed by atoms with Gasteiger partial charge in [0.05, 0.1) is 12.2 Å². The van der Waals surface area contributed by atoms with Crippen molar-refractivity contribution in [2.45, 2.75) is 25.3 Å². The Balaban J connectivity index is 1.77. The predicted molar refractivity (Wildman–Crippen MR) is 104 cm³/mol. The van der Waals surface area contributed by atoms with E-state index in [1.165, 1.54) is 13.1 Å². The van der Waals surface area contributed by atoms with Crippen LogP contribution in [-0.2, 0) is 21.4 Å². The van der Waals surface area contributed by atoms with Crippen molar-refractivity contribution in [3.8, 4) is 0 Å². The number of aromatic nitrogens is 2. The standard InChI is InChI=1S/C19H20N4O3S/c1-14-19(13-23(21-14)12-16-6-4-3-5-7-16)27(25,26)22-18-10-8-17(9-11-18)20-15(2)24/h3-11,13,22H,12H2,1-2H3,(H,20,24). The van der Waals surface area contributed by atoms with Crippen molar-refractivity contribution in [3.05, 3.63) is 72.1 Å².